The summed E-state index contributed by atoms with van der Waals surface area (Å²) in [6, 6.07) is 12.2. The Kier molecular flexibility index (Phi) is 3.86. The SMILES string of the molecule is CC1(C)CC(=O)Nc2cc(C#Cc3ccc(C(=O)O)cc3)ccc21. The summed E-state index contributed by atoms with van der Waals surface area (Å²) in [7, 11) is 0. The van der Waals surface area contributed by atoms with Gasteiger partial charge in [0.15, 0.2) is 0 Å². The minimum Gasteiger partial charge on any atom is -0.478 e. The van der Waals surface area contributed by atoms with Crippen LogP contribution in [0.1, 0.15) is 47.3 Å². The summed E-state index contributed by atoms with van der Waals surface area (Å²) in [5.74, 6) is 5.12. The maximum absolute atomic E-state index is 11.8. The Morgan fingerprint density at radius 2 is 1.71 bits per heavy atom. The van der Waals surface area contributed by atoms with E-state index in [0.29, 0.717) is 6.42 Å². The zero-order valence-electron chi connectivity index (χ0n) is 13.5. The third-order valence-corrected chi connectivity index (χ3v) is 4.11. The molecule has 0 bridgehead atoms. The zero-order valence-corrected chi connectivity index (χ0v) is 13.5. The van der Waals surface area contributed by atoms with Crippen LogP contribution < -0.4 is 5.32 Å². The second-order valence-corrected chi connectivity index (χ2v) is 6.50. The summed E-state index contributed by atoms with van der Waals surface area (Å²) in [6.45, 7) is 4.11. The highest BCUT2D eigenvalue weighted by molar-refractivity contribution is 5.95. The molecule has 1 amide bonds. The van der Waals surface area contributed by atoms with Crippen molar-refractivity contribution in [3.8, 4) is 11.8 Å². The molecule has 120 valence electrons. The van der Waals surface area contributed by atoms with Crippen LogP contribution in [0.3, 0.4) is 0 Å². The van der Waals surface area contributed by atoms with Crippen molar-refractivity contribution in [3.63, 3.8) is 0 Å². The number of carbonyl (C=O) groups excluding carboxylic acids is 1. The van der Waals surface area contributed by atoms with E-state index in [-0.39, 0.29) is 16.9 Å². The van der Waals surface area contributed by atoms with Gasteiger partial charge in [0.2, 0.25) is 5.91 Å². The lowest BCUT2D eigenvalue weighted by Gasteiger charge is -2.32. The molecule has 0 fully saturated rings. The van der Waals surface area contributed by atoms with Crippen molar-refractivity contribution < 1.29 is 14.7 Å². The van der Waals surface area contributed by atoms with Crippen LogP contribution in [0.2, 0.25) is 0 Å². The van der Waals surface area contributed by atoms with Crippen molar-refractivity contribution in [2.24, 2.45) is 0 Å². The lowest BCUT2D eigenvalue weighted by molar-refractivity contribution is -0.117. The van der Waals surface area contributed by atoms with Gasteiger partial charge in [-0.25, -0.2) is 4.79 Å². The maximum atomic E-state index is 11.8. The molecule has 0 aromatic heterocycles. The van der Waals surface area contributed by atoms with E-state index in [1.54, 1.807) is 12.1 Å². The Hall–Kier alpha value is -3.06. The Balaban J connectivity index is 1.89. The van der Waals surface area contributed by atoms with Gasteiger partial charge in [-0.3, -0.25) is 4.79 Å². The van der Waals surface area contributed by atoms with Crippen molar-refractivity contribution >= 4 is 17.6 Å². The monoisotopic (exact) mass is 319 g/mol. The Labute approximate surface area is 140 Å². The van der Waals surface area contributed by atoms with Gasteiger partial charge in [0.1, 0.15) is 0 Å². The van der Waals surface area contributed by atoms with Crippen molar-refractivity contribution in [1.29, 1.82) is 0 Å². The molecule has 4 nitrogen and oxygen atoms in total. The van der Waals surface area contributed by atoms with E-state index in [9.17, 15) is 9.59 Å². The molecule has 24 heavy (non-hydrogen) atoms. The molecule has 2 aromatic rings. The fourth-order valence-corrected chi connectivity index (χ4v) is 2.85. The number of hydrogen-bond acceptors (Lipinski definition) is 2. The van der Waals surface area contributed by atoms with E-state index < -0.39 is 5.97 Å². The molecule has 0 unspecified atom stereocenters. The molecule has 1 aliphatic rings. The Morgan fingerprint density at radius 1 is 1.08 bits per heavy atom. The molecule has 0 radical (unpaired) electrons. The molecule has 0 aliphatic carbocycles. The van der Waals surface area contributed by atoms with Gasteiger partial charge < -0.3 is 10.4 Å². The van der Waals surface area contributed by atoms with Gasteiger partial charge >= 0.3 is 5.97 Å². The summed E-state index contributed by atoms with van der Waals surface area (Å²) in [5.41, 5.74) is 3.51. The standard InChI is InChI=1S/C20H17NO3/c1-20(2)12-18(22)21-17-11-14(7-10-16(17)20)4-3-13-5-8-15(9-6-13)19(23)24/h5-11H,12H2,1-2H3,(H,21,22)(H,23,24). The molecule has 3 rings (SSSR count). The number of carboxylic acid groups (broad SMARTS) is 1. The van der Waals surface area contributed by atoms with E-state index in [4.69, 9.17) is 5.11 Å². The molecule has 2 N–H and O–H groups in total. The average molecular weight is 319 g/mol. The van der Waals surface area contributed by atoms with E-state index in [0.717, 1.165) is 22.4 Å². The number of benzene rings is 2. The molecule has 4 heteroatoms. The normalized spacial score (nSPS) is 14.8. The average Bonchev–Trinajstić information content (AvgIpc) is 2.52. The van der Waals surface area contributed by atoms with Crippen LogP contribution in [0, 0.1) is 11.8 Å². The summed E-state index contributed by atoms with van der Waals surface area (Å²) in [6.07, 6.45) is 0.473. The number of carboxylic acids is 1. The lowest BCUT2D eigenvalue weighted by atomic mass is 9.78. The van der Waals surface area contributed by atoms with Crippen LogP contribution >= 0.6 is 0 Å². The van der Waals surface area contributed by atoms with Crippen LogP contribution in [0.15, 0.2) is 42.5 Å². The lowest BCUT2D eigenvalue weighted by Crippen LogP contribution is -2.32. The quantitative estimate of drug-likeness (QED) is 0.792. The molecule has 1 heterocycles. The number of aromatic carboxylic acids is 1. The minimum atomic E-state index is -0.956. The largest absolute Gasteiger partial charge is 0.478 e. The predicted octanol–water partition coefficient (Wildman–Crippen LogP) is 3.40. The molecule has 1 aliphatic heterocycles. The van der Waals surface area contributed by atoms with Gasteiger partial charge in [0, 0.05) is 28.7 Å². The van der Waals surface area contributed by atoms with Crippen LogP contribution in [-0.4, -0.2) is 17.0 Å². The molecular formula is C20H17NO3. The smallest absolute Gasteiger partial charge is 0.335 e. The number of fused-ring (bicyclic) bond motifs is 1. The first-order valence-electron chi connectivity index (χ1n) is 7.65. The topological polar surface area (TPSA) is 66.4 Å². The minimum absolute atomic E-state index is 0.0156. The van der Waals surface area contributed by atoms with Crippen LogP contribution in [0.5, 0.6) is 0 Å². The number of nitrogens with one attached hydrogen (secondary N) is 1. The van der Waals surface area contributed by atoms with Gasteiger partial charge in [0.05, 0.1) is 5.56 Å². The number of rotatable bonds is 1. The fourth-order valence-electron chi connectivity index (χ4n) is 2.85. The number of anilines is 1. The molecular weight excluding hydrogens is 302 g/mol. The van der Waals surface area contributed by atoms with E-state index >= 15 is 0 Å². The second-order valence-electron chi connectivity index (χ2n) is 6.50. The van der Waals surface area contributed by atoms with Crippen molar-refractivity contribution in [2.75, 3.05) is 5.32 Å². The summed E-state index contributed by atoms with van der Waals surface area (Å²) in [4.78, 5) is 22.7. The van der Waals surface area contributed by atoms with Crippen LogP contribution in [0.25, 0.3) is 0 Å². The molecule has 0 spiro atoms. The van der Waals surface area contributed by atoms with Gasteiger partial charge in [-0.2, -0.15) is 0 Å². The highest BCUT2D eigenvalue weighted by Gasteiger charge is 2.31. The first-order chi connectivity index (χ1) is 11.3. The van der Waals surface area contributed by atoms with E-state index in [2.05, 4.69) is 31.0 Å². The van der Waals surface area contributed by atoms with Gasteiger partial charge in [-0.15, -0.1) is 0 Å². The number of hydrogen-bond donors (Lipinski definition) is 2. The van der Waals surface area contributed by atoms with Crippen molar-refractivity contribution in [1.82, 2.24) is 0 Å². The third-order valence-electron chi connectivity index (χ3n) is 4.11. The van der Waals surface area contributed by atoms with E-state index in [1.807, 2.05) is 18.2 Å². The second kappa shape index (κ2) is 5.86. The Morgan fingerprint density at radius 3 is 2.38 bits per heavy atom. The predicted molar refractivity (Wildman–Crippen MR) is 92.1 cm³/mol. The first kappa shape index (κ1) is 15.8. The molecule has 0 saturated heterocycles. The van der Waals surface area contributed by atoms with Gasteiger partial charge in [-0.1, -0.05) is 31.8 Å². The third kappa shape index (κ3) is 3.16. The highest BCUT2D eigenvalue weighted by atomic mass is 16.4. The van der Waals surface area contributed by atoms with Gasteiger partial charge in [-0.05, 0) is 42.0 Å². The Bertz CT molecular complexity index is 883. The zero-order chi connectivity index (χ0) is 17.3. The van der Waals surface area contributed by atoms with Gasteiger partial charge in [0.25, 0.3) is 0 Å². The van der Waals surface area contributed by atoms with Crippen LogP contribution in [0.4, 0.5) is 5.69 Å². The molecule has 2 aromatic carbocycles. The molecule has 0 atom stereocenters. The summed E-state index contributed by atoms with van der Waals surface area (Å²) in [5, 5.41) is 11.8. The van der Waals surface area contributed by atoms with Crippen LogP contribution in [-0.2, 0) is 10.2 Å². The highest BCUT2D eigenvalue weighted by Crippen LogP contribution is 2.37. The number of carbonyl (C=O) groups is 2. The summed E-state index contributed by atoms with van der Waals surface area (Å²) < 4.78 is 0. The van der Waals surface area contributed by atoms with Crippen molar-refractivity contribution in [3.05, 3.63) is 64.7 Å². The molecule has 0 saturated carbocycles. The fraction of sp³-hybridized carbons (Fsp3) is 0.200. The summed E-state index contributed by atoms with van der Waals surface area (Å²) >= 11 is 0. The first-order valence-corrected chi connectivity index (χ1v) is 7.65. The number of amides is 1. The van der Waals surface area contributed by atoms with E-state index in [1.165, 1.54) is 12.1 Å². The maximum Gasteiger partial charge on any atom is 0.335 e. The van der Waals surface area contributed by atoms with Crippen molar-refractivity contribution in [2.45, 2.75) is 25.7 Å².